The summed E-state index contributed by atoms with van der Waals surface area (Å²) in [5, 5.41) is 23.3. The van der Waals surface area contributed by atoms with Crippen molar-refractivity contribution in [1.29, 1.82) is 0 Å². The number of carbonyl (C=O) groups is 1. The van der Waals surface area contributed by atoms with Crippen LogP contribution < -0.4 is 5.32 Å². The van der Waals surface area contributed by atoms with E-state index in [1.54, 1.807) is 25.1 Å². The molecule has 0 spiro atoms. The summed E-state index contributed by atoms with van der Waals surface area (Å²) in [6.07, 6.45) is 0.495. The molecule has 2 N–H and O–H groups in total. The van der Waals surface area contributed by atoms with Gasteiger partial charge in [-0.3, -0.25) is 14.9 Å². The van der Waals surface area contributed by atoms with E-state index in [1.165, 1.54) is 0 Å². The average Bonchev–Trinajstić information content (AvgIpc) is 2.32. The maximum absolute atomic E-state index is 11.3. The minimum atomic E-state index is -0.896. The number of nitrogens with one attached hydrogen (secondary N) is 1. The third-order valence-electron chi connectivity index (χ3n) is 3.17. The van der Waals surface area contributed by atoms with Gasteiger partial charge in [-0.15, -0.1) is 0 Å². The first-order valence-corrected chi connectivity index (χ1v) is 6.82. The molecule has 116 valence electrons. The minimum absolute atomic E-state index is 0.00241. The fourth-order valence-electron chi connectivity index (χ4n) is 2.26. The number of nitrogens with zero attached hydrogens (tertiary/aromatic N) is 1. The largest absolute Gasteiger partial charge is 0.481 e. The Hall–Kier alpha value is -2.11. The lowest BCUT2D eigenvalue weighted by atomic mass is 9.84. The molecule has 0 bridgehead atoms. The van der Waals surface area contributed by atoms with Gasteiger partial charge in [0.15, 0.2) is 0 Å². The first kappa shape index (κ1) is 16.9. The first-order valence-electron chi connectivity index (χ1n) is 6.82. The van der Waals surface area contributed by atoms with Crippen LogP contribution in [0.1, 0.15) is 32.8 Å². The number of hydrogen-bond acceptors (Lipinski definition) is 4. The van der Waals surface area contributed by atoms with Crippen molar-refractivity contribution in [2.45, 2.75) is 34.1 Å². The van der Waals surface area contributed by atoms with E-state index in [0.717, 1.165) is 0 Å². The van der Waals surface area contributed by atoms with E-state index in [2.05, 4.69) is 5.32 Å². The van der Waals surface area contributed by atoms with Gasteiger partial charge in [-0.05, 0) is 24.8 Å². The Labute approximate surface area is 124 Å². The number of benzene rings is 1. The molecular weight excluding hydrogens is 272 g/mol. The summed E-state index contributed by atoms with van der Waals surface area (Å²) in [4.78, 5) is 22.0. The zero-order chi connectivity index (χ0) is 16.2. The lowest BCUT2D eigenvalue weighted by molar-refractivity contribution is -0.384. The molecule has 0 fully saturated rings. The molecule has 1 aromatic rings. The van der Waals surface area contributed by atoms with Crippen molar-refractivity contribution in [1.82, 2.24) is 0 Å². The fraction of sp³-hybridized carbons (Fsp3) is 0.533. The molecule has 1 aromatic carbocycles. The Bertz CT molecular complexity index is 535. The topological polar surface area (TPSA) is 92.5 Å². The summed E-state index contributed by atoms with van der Waals surface area (Å²) in [6.45, 7) is 7.73. The van der Waals surface area contributed by atoms with E-state index in [1.807, 2.05) is 20.8 Å². The van der Waals surface area contributed by atoms with Gasteiger partial charge in [0.05, 0.1) is 10.8 Å². The molecule has 0 aliphatic heterocycles. The van der Waals surface area contributed by atoms with Crippen LogP contribution in [0.25, 0.3) is 0 Å². The predicted molar refractivity (Wildman–Crippen MR) is 81.5 cm³/mol. The predicted octanol–water partition coefficient (Wildman–Crippen LogP) is 3.45. The Balaban J connectivity index is 2.89. The van der Waals surface area contributed by atoms with E-state index >= 15 is 0 Å². The van der Waals surface area contributed by atoms with Gasteiger partial charge in [-0.2, -0.15) is 0 Å². The molecule has 0 saturated heterocycles. The molecule has 0 heterocycles. The van der Waals surface area contributed by atoms with Gasteiger partial charge in [0, 0.05) is 12.1 Å². The van der Waals surface area contributed by atoms with Crippen LogP contribution in [0.5, 0.6) is 0 Å². The number of aryl methyl sites for hydroxylation is 1. The van der Waals surface area contributed by atoms with Crippen LogP contribution in [0.3, 0.4) is 0 Å². The summed E-state index contributed by atoms with van der Waals surface area (Å²) in [5.74, 6) is -1.49. The Kier molecular flexibility index (Phi) is 5.29. The highest BCUT2D eigenvalue weighted by Crippen LogP contribution is 2.29. The molecule has 1 rings (SSSR count). The number of nitro groups is 1. The molecule has 6 nitrogen and oxygen atoms in total. The molecule has 1 atom stereocenters. The second kappa shape index (κ2) is 6.56. The van der Waals surface area contributed by atoms with Crippen LogP contribution in [0.15, 0.2) is 18.2 Å². The lowest BCUT2D eigenvalue weighted by Gasteiger charge is -2.23. The number of anilines is 1. The molecule has 0 aliphatic carbocycles. The molecule has 0 amide bonds. The van der Waals surface area contributed by atoms with Crippen molar-refractivity contribution in [3.05, 3.63) is 33.9 Å². The van der Waals surface area contributed by atoms with Gasteiger partial charge in [0.1, 0.15) is 5.69 Å². The second-order valence-corrected chi connectivity index (χ2v) is 6.41. The lowest BCUT2D eigenvalue weighted by Crippen LogP contribution is -2.27. The van der Waals surface area contributed by atoms with Crippen LogP contribution in [0.4, 0.5) is 11.4 Å². The number of carboxylic acid groups (broad SMARTS) is 1. The number of hydrogen-bond donors (Lipinski definition) is 2. The average molecular weight is 294 g/mol. The van der Waals surface area contributed by atoms with Gasteiger partial charge in [-0.25, -0.2) is 0 Å². The van der Waals surface area contributed by atoms with Crippen LogP contribution in [-0.2, 0) is 4.79 Å². The number of aliphatic carboxylic acids is 1. The van der Waals surface area contributed by atoms with Crippen LogP contribution >= 0.6 is 0 Å². The second-order valence-electron chi connectivity index (χ2n) is 6.41. The van der Waals surface area contributed by atoms with Crippen molar-refractivity contribution >= 4 is 17.3 Å². The van der Waals surface area contributed by atoms with Crippen LogP contribution in [0, 0.1) is 28.4 Å². The van der Waals surface area contributed by atoms with E-state index in [-0.39, 0.29) is 17.6 Å². The van der Waals surface area contributed by atoms with Gasteiger partial charge >= 0.3 is 5.97 Å². The Morgan fingerprint density at radius 1 is 1.43 bits per heavy atom. The Morgan fingerprint density at radius 2 is 2.05 bits per heavy atom. The fourth-order valence-corrected chi connectivity index (χ4v) is 2.26. The highest BCUT2D eigenvalue weighted by atomic mass is 16.6. The first-order chi connectivity index (χ1) is 9.61. The summed E-state index contributed by atoms with van der Waals surface area (Å²) in [6, 6.07) is 4.97. The highest BCUT2D eigenvalue weighted by molar-refractivity contribution is 5.72. The molecule has 0 aromatic heterocycles. The molecule has 0 aliphatic rings. The van der Waals surface area contributed by atoms with E-state index < -0.39 is 16.8 Å². The molecule has 0 radical (unpaired) electrons. The third-order valence-corrected chi connectivity index (χ3v) is 3.17. The quantitative estimate of drug-likeness (QED) is 0.619. The van der Waals surface area contributed by atoms with Gasteiger partial charge in [0.2, 0.25) is 0 Å². The van der Waals surface area contributed by atoms with Crippen molar-refractivity contribution in [3.8, 4) is 0 Å². The third kappa shape index (κ3) is 5.06. The summed E-state index contributed by atoms with van der Waals surface area (Å²) >= 11 is 0. The molecule has 6 heteroatoms. The van der Waals surface area contributed by atoms with Gasteiger partial charge < -0.3 is 10.4 Å². The number of rotatable bonds is 6. The monoisotopic (exact) mass is 294 g/mol. The standard InChI is InChI=1S/C15H22N2O4/c1-10-6-5-7-12(13(10)17(20)21)16-9-11(14(18)19)8-15(2,3)4/h5-7,11,16H,8-9H2,1-4H3,(H,18,19). The molecule has 0 saturated carbocycles. The zero-order valence-corrected chi connectivity index (χ0v) is 12.8. The van der Waals surface area contributed by atoms with Crippen molar-refractivity contribution < 1.29 is 14.8 Å². The van der Waals surface area contributed by atoms with Crippen molar-refractivity contribution in [2.24, 2.45) is 11.3 Å². The van der Waals surface area contributed by atoms with E-state index in [9.17, 15) is 20.0 Å². The van der Waals surface area contributed by atoms with Gasteiger partial charge in [-0.1, -0.05) is 32.9 Å². The summed E-state index contributed by atoms with van der Waals surface area (Å²) < 4.78 is 0. The summed E-state index contributed by atoms with van der Waals surface area (Å²) in [5.41, 5.74) is 0.786. The smallest absolute Gasteiger partial charge is 0.308 e. The zero-order valence-electron chi connectivity index (χ0n) is 12.8. The van der Waals surface area contributed by atoms with E-state index in [0.29, 0.717) is 17.7 Å². The van der Waals surface area contributed by atoms with Crippen LogP contribution in [-0.4, -0.2) is 22.5 Å². The van der Waals surface area contributed by atoms with Crippen molar-refractivity contribution in [3.63, 3.8) is 0 Å². The maximum Gasteiger partial charge on any atom is 0.308 e. The minimum Gasteiger partial charge on any atom is -0.481 e. The van der Waals surface area contributed by atoms with Crippen LogP contribution in [0.2, 0.25) is 0 Å². The number of nitro benzene ring substituents is 1. The van der Waals surface area contributed by atoms with E-state index in [4.69, 9.17) is 0 Å². The maximum atomic E-state index is 11.3. The summed E-state index contributed by atoms with van der Waals surface area (Å²) in [7, 11) is 0. The highest BCUT2D eigenvalue weighted by Gasteiger charge is 2.25. The number of carboxylic acids is 1. The number of para-hydroxylation sites is 1. The SMILES string of the molecule is Cc1cccc(NCC(CC(C)(C)C)C(=O)O)c1[N+](=O)[O-]. The molecule has 21 heavy (non-hydrogen) atoms. The normalized spacial score (nSPS) is 12.8. The Morgan fingerprint density at radius 3 is 2.52 bits per heavy atom. The molecule has 1 unspecified atom stereocenters. The van der Waals surface area contributed by atoms with Crippen molar-refractivity contribution in [2.75, 3.05) is 11.9 Å². The van der Waals surface area contributed by atoms with Gasteiger partial charge in [0.25, 0.3) is 5.69 Å². The molecular formula is C15H22N2O4.